The van der Waals surface area contributed by atoms with E-state index in [1.54, 1.807) is 66.7 Å². The summed E-state index contributed by atoms with van der Waals surface area (Å²) in [5.41, 5.74) is -0.0522. The van der Waals surface area contributed by atoms with Crippen molar-refractivity contribution in [2.24, 2.45) is 0 Å². The SMILES string of the molecule is Cc1ccc(S(=O)(=O)Nc2ccccc2C(O)(C#CC(O)c2cccs2)c2ccccc2)cc1. The monoisotopic (exact) mass is 489 g/mol. The molecule has 2 unspecified atom stereocenters. The molecule has 0 spiro atoms. The summed E-state index contributed by atoms with van der Waals surface area (Å²) in [6, 6.07) is 25.4. The first-order chi connectivity index (χ1) is 16.3. The topological polar surface area (TPSA) is 86.6 Å². The van der Waals surface area contributed by atoms with Crippen LogP contribution in [0.3, 0.4) is 0 Å². The molecule has 0 aliphatic heterocycles. The van der Waals surface area contributed by atoms with E-state index in [0.29, 0.717) is 10.4 Å². The number of aliphatic hydroxyl groups excluding tert-OH is 1. The van der Waals surface area contributed by atoms with Gasteiger partial charge in [0, 0.05) is 16.0 Å². The Morgan fingerprint density at radius 3 is 2.26 bits per heavy atom. The van der Waals surface area contributed by atoms with Gasteiger partial charge in [-0.2, -0.15) is 0 Å². The lowest BCUT2D eigenvalue weighted by atomic mass is 9.85. The zero-order valence-electron chi connectivity index (χ0n) is 18.3. The minimum absolute atomic E-state index is 0.107. The zero-order chi connectivity index (χ0) is 24.2. The summed E-state index contributed by atoms with van der Waals surface area (Å²) >= 11 is 1.36. The van der Waals surface area contributed by atoms with Crippen molar-refractivity contribution in [3.05, 3.63) is 118 Å². The van der Waals surface area contributed by atoms with E-state index in [9.17, 15) is 18.6 Å². The maximum absolute atomic E-state index is 13.1. The maximum atomic E-state index is 13.1. The van der Waals surface area contributed by atoms with Crippen LogP contribution in [-0.2, 0) is 15.6 Å². The molecule has 0 aliphatic rings. The number of aryl methyl sites for hydroxylation is 1. The number of anilines is 1. The van der Waals surface area contributed by atoms with Crippen molar-refractivity contribution in [3.8, 4) is 11.8 Å². The molecule has 0 fully saturated rings. The van der Waals surface area contributed by atoms with Gasteiger partial charge in [-0.1, -0.05) is 84.1 Å². The van der Waals surface area contributed by atoms with Gasteiger partial charge >= 0.3 is 0 Å². The van der Waals surface area contributed by atoms with E-state index in [2.05, 4.69) is 16.6 Å². The number of nitrogens with one attached hydrogen (secondary N) is 1. The van der Waals surface area contributed by atoms with Crippen LogP contribution in [0, 0.1) is 18.8 Å². The maximum Gasteiger partial charge on any atom is 0.261 e. The lowest BCUT2D eigenvalue weighted by Crippen LogP contribution is -2.28. The molecule has 1 heterocycles. The molecule has 3 aromatic carbocycles. The summed E-state index contributed by atoms with van der Waals surface area (Å²) in [5, 5.41) is 24.2. The highest BCUT2D eigenvalue weighted by molar-refractivity contribution is 7.92. The average molecular weight is 490 g/mol. The van der Waals surface area contributed by atoms with Crippen LogP contribution in [0.2, 0.25) is 0 Å². The Morgan fingerprint density at radius 1 is 0.912 bits per heavy atom. The highest BCUT2D eigenvalue weighted by Crippen LogP contribution is 2.35. The summed E-state index contributed by atoms with van der Waals surface area (Å²) < 4.78 is 28.8. The molecule has 34 heavy (non-hydrogen) atoms. The fraction of sp³-hybridized carbons (Fsp3) is 0.111. The van der Waals surface area contributed by atoms with Crippen LogP contribution in [0.15, 0.2) is 101 Å². The first-order valence-electron chi connectivity index (χ1n) is 10.5. The molecule has 4 aromatic rings. The standard InChI is InChI=1S/C27H23NO4S2/c1-20-13-15-22(16-14-20)34(31,32)28-24-11-6-5-10-23(24)27(30,21-8-3-2-4-9-21)18-17-25(29)26-12-7-19-33-26/h2-16,19,25,28-30H,1H3. The average Bonchev–Trinajstić information content (AvgIpc) is 3.38. The lowest BCUT2D eigenvalue weighted by molar-refractivity contribution is 0.145. The van der Waals surface area contributed by atoms with Crippen LogP contribution in [0.4, 0.5) is 5.69 Å². The first kappa shape index (κ1) is 23.7. The van der Waals surface area contributed by atoms with Crippen molar-refractivity contribution in [2.45, 2.75) is 23.5 Å². The van der Waals surface area contributed by atoms with Crippen molar-refractivity contribution in [1.29, 1.82) is 0 Å². The van der Waals surface area contributed by atoms with Crippen molar-refractivity contribution in [1.82, 2.24) is 0 Å². The van der Waals surface area contributed by atoms with Crippen LogP contribution >= 0.6 is 11.3 Å². The van der Waals surface area contributed by atoms with E-state index in [-0.39, 0.29) is 16.1 Å². The summed E-state index contributed by atoms with van der Waals surface area (Å²) in [6.07, 6.45) is -1.09. The van der Waals surface area contributed by atoms with E-state index in [1.807, 2.05) is 24.4 Å². The largest absolute Gasteiger partial charge is 0.375 e. The molecular weight excluding hydrogens is 466 g/mol. The van der Waals surface area contributed by atoms with Gasteiger partial charge in [0.05, 0.1) is 10.6 Å². The Balaban J connectivity index is 1.80. The molecule has 2 atom stereocenters. The Hall–Kier alpha value is -3.41. The molecule has 4 rings (SSSR count). The van der Waals surface area contributed by atoms with E-state index < -0.39 is 21.7 Å². The van der Waals surface area contributed by atoms with Gasteiger partial charge in [0.2, 0.25) is 0 Å². The molecule has 0 bridgehead atoms. The third-order valence-electron chi connectivity index (χ3n) is 5.29. The number of rotatable bonds is 6. The quantitative estimate of drug-likeness (QED) is 0.339. The van der Waals surface area contributed by atoms with Crippen molar-refractivity contribution >= 4 is 27.0 Å². The molecule has 5 nitrogen and oxygen atoms in total. The van der Waals surface area contributed by atoms with Gasteiger partial charge in [-0.05, 0) is 36.6 Å². The molecule has 0 aliphatic carbocycles. The Labute approximate surface area is 203 Å². The smallest absolute Gasteiger partial charge is 0.261 e. The molecule has 0 amide bonds. The molecule has 1 aromatic heterocycles. The van der Waals surface area contributed by atoms with Crippen molar-refractivity contribution < 1.29 is 18.6 Å². The van der Waals surface area contributed by atoms with Gasteiger partial charge < -0.3 is 10.2 Å². The summed E-state index contributed by atoms with van der Waals surface area (Å²) in [4.78, 5) is 0.756. The molecular formula is C27H23NO4S2. The fourth-order valence-electron chi connectivity index (χ4n) is 3.47. The molecule has 0 saturated heterocycles. The van der Waals surface area contributed by atoms with E-state index in [1.165, 1.54) is 23.5 Å². The minimum Gasteiger partial charge on any atom is -0.375 e. The lowest BCUT2D eigenvalue weighted by Gasteiger charge is -2.26. The Bertz CT molecular complexity index is 1420. The first-order valence-corrected chi connectivity index (χ1v) is 12.9. The Morgan fingerprint density at radius 2 is 1.59 bits per heavy atom. The van der Waals surface area contributed by atoms with Crippen LogP contribution < -0.4 is 4.72 Å². The molecule has 0 saturated carbocycles. The van der Waals surface area contributed by atoms with Crippen LogP contribution in [-0.4, -0.2) is 18.6 Å². The second-order valence-electron chi connectivity index (χ2n) is 7.73. The number of thiophene rings is 1. The van der Waals surface area contributed by atoms with Gasteiger partial charge in [-0.3, -0.25) is 4.72 Å². The fourth-order valence-corrected chi connectivity index (χ4v) is 5.21. The number of para-hydroxylation sites is 1. The van der Waals surface area contributed by atoms with Crippen molar-refractivity contribution in [3.63, 3.8) is 0 Å². The number of hydrogen-bond acceptors (Lipinski definition) is 5. The predicted molar refractivity (Wildman–Crippen MR) is 135 cm³/mol. The molecule has 7 heteroatoms. The zero-order valence-corrected chi connectivity index (χ0v) is 20.0. The van der Waals surface area contributed by atoms with E-state index >= 15 is 0 Å². The third-order valence-corrected chi connectivity index (χ3v) is 7.59. The number of hydrogen-bond donors (Lipinski definition) is 3. The number of sulfonamides is 1. The van der Waals surface area contributed by atoms with Gasteiger partial charge in [0.25, 0.3) is 10.0 Å². The second-order valence-corrected chi connectivity index (χ2v) is 10.4. The van der Waals surface area contributed by atoms with Crippen LogP contribution in [0.5, 0.6) is 0 Å². The number of benzene rings is 3. The van der Waals surface area contributed by atoms with Gasteiger partial charge in [0.1, 0.15) is 6.10 Å². The van der Waals surface area contributed by atoms with Gasteiger partial charge in [0.15, 0.2) is 5.60 Å². The summed E-state index contributed by atoms with van der Waals surface area (Å²) in [5.74, 6) is 5.56. The van der Waals surface area contributed by atoms with E-state index in [0.717, 1.165) is 5.56 Å². The normalized spacial score (nSPS) is 13.9. The van der Waals surface area contributed by atoms with Crippen LogP contribution in [0.1, 0.15) is 27.7 Å². The summed E-state index contributed by atoms with van der Waals surface area (Å²) in [6.45, 7) is 1.88. The van der Waals surface area contributed by atoms with Crippen molar-refractivity contribution in [2.75, 3.05) is 4.72 Å². The molecule has 0 radical (unpaired) electrons. The predicted octanol–water partition coefficient (Wildman–Crippen LogP) is 4.83. The second kappa shape index (κ2) is 9.84. The molecule has 3 N–H and O–H groups in total. The van der Waals surface area contributed by atoms with Gasteiger partial charge in [-0.25, -0.2) is 8.42 Å². The van der Waals surface area contributed by atoms with Crippen LogP contribution in [0.25, 0.3) is 0 Å². The van der Waals surface area contributed by atoms with Gasteiger partial charge in [-0.15, -0.1) is 11.3 Å². The minimum atomic E-state index is -3.92. The highest BCUT2D eigenvalue weighted by Gasteiger charge is 2.33. The summed E-state index contributed by atoms with van der Waals surface area (Å²) in [7, 11) is -3.92. The third kappa shape index (κ3) is 5.06. The number of aliphatic hydroxyl groups is 2. The Kier molecular flexibility index (Phi) is 6.87. The highest BCUT2D eigenvalue weighted by atomic mass is 32.2. The van der Waals surface area contributed by atoms with E-state index in [4.69, 9.17) is 0 Å². The molecule has 172 valence electrons.